The zero-order valence-electron chi connectivity index (χ0n) is 18.1. The molecule has 2 N–H and O–H groups in total. The molecule has 0 unspecified atom stereocenters. The van der Waals surface area contributed by atoms with Crippen LogP contribution in [0.2, 0.25) is 0 Å². The van der Waals surface area contributed by atoms with E-state index >= 15 is 0 Å². The van der Waals surface area contributed by atoms with Gasteiger partial charge in [-0.15, -0.1) is 11.8 Å². The summed E-state index contributed by atoms with van der Waals surface area (Å²) in [5.74, 6) is 1.11. The highest BCUT2D eigenvalue weighted by atomic mass is 79.9. The maximum absolute atomic E-state index is 11.0. The molecule has 0 saturated heterocycles. The molecule has 6 heteroatoms. The van der Waals surface area contributed by atoms with Gasteiger partial charge in [0.05, 0.1) is 6.16 Å². The van der Waals surface area contributed by atoms with Crippen molar-refractivity contribution in [3.63, 3.8) is 0 Å². The van der Waals surface area contributed by atoms with Crippen LogP contribution in [0.4, 0.5) is 0 Å². The molecule has 0 radical (unpaired) electrons. The average Bonchev–Trinajstić information content (AvgIpc) is 2.75. The molecule has 0 amide bonds. The molecule has 2 aromatic rings. The fraction of sp³-hybridized carbons (Fsp3) is 0.520. The summed E-state index contributed by atoms with van der Waals surface area (Å²) in [6.07, 6.45) is 11.7. The summed E-state index contributed by atoms with van der Waals surface area (Å²) in [5, 5.41) is 0. The van der Waals surface area contributed by atoms with Crippen LogP contribution in [0.5, 0.6) is 0 Å². The summed E-state index contributed by atoms with van der Waals surface area (Å²) < 4.78 is 12.1. The number of rotatable bonds is 11. The van der Waals surface area contributed by atoms with E-state index in [2.05, 4.69) is 64.5 Å². The zero-order chi connectivity index (χ0) is 22.2. The lowest BCUT2D eigenvalue weighted by Crippen LogP contribution is -2.29. The Hall–Kier alpha value is -0.580. The third-order valence-corrected chi connectivity index (χ3v) is 9.39. The van der Waals surface area contributed by atoms with Gasteiger partial charge in [0.2, 0.25) is 0 Å². The normalized spacial score (nSPS) is 16.4. The van der Waals surface area contributed by atoms with Gasteiger partial charge in [0, 0.05) is 9.37 Å². The molecule has 0 atom stereocenters. The summed E-state index contributed by atoms with van der Waals surface area (Å²) in [5.41, 5.74) is 3.05. The first-order chi connectivity index (χ1) is 14.9. The van der Waals surface area contributed by atoms with Gasteiger partial charge in [0.25, 0.3) is 0 Å². The highest BCUT2D eigenvalue weighted by Crippen LogP contribution is 2.43. The lowest BCUT2D eigenvalue weighted by Gasteiger charge is -2.38. The number of hydrogen-bond acceptors (Lipinski definition) is 2. The predicted molar refractivity (Wildman–Crippen MR) is 135 cm³/mol. The maximum Gasteiger partial charge on any atom is 0.325 e. The van der Waals surface area contributed by atoms with Crippen LogP contribution in [0.1, 0.15) is 68.9 Å². The topological polar surface area (TPSA) is 57.5 Å². The van der Waals surface area contributed by atoms with Gasteiger partial charge >= 0.3 is 7.60 Å². The first-order valence-corrected chi connectivity index (χ1v) is 15.0. The number of aryl methyl sites for hydroxylation is 1. The van der Waals surface area contributed by atoms with Crippen LogP contribution in [0.15, 0.2) is 57.9 Å². The first-order valence-electron chi connectivity index (χ1n) is 11.4. The Bertz CT molecular complexity index is 862. The average molecular weight is 525 g/mol. The van der Waals surface area contributed by atoms with Crippen LogP contribution in [0.25, 0.3) is 0 Å². The molecule has 0 aromatic heterocycles. The van der Waals surface area contributed by atoms with Gasteiger partial charge in [-0.1, -0.05) is 62.1 Å². The van der Waals surface area contributed by atoms with E-state index in [0.29, 0.717) is 18.3 Å². The molecule has 1 aliphatic carbocycles. The number of unbranched alkanes of at least 4 members (excludes halogenated alkanes) is 1. The molecule has 31 heavy (non-hydrogen) atoms. The standard InChI is InChI=1S/C25H34BrO3PS/c26-23-20-21(10-9-18-30(27,28)29)13-14-24(23)31-19-8-7-17-25(15-5-2-6-16-25)22-11-3-1-4-12-22/h1,3-4,11-14,20H,2,5-10,15-19H2,(H2,27,28,29). The second-order valence-electron chi connectivity index (χ2n) is 8.77. The number of thioether (sulfide) groups is 1. The van der Waals surface area contributed by atoms with Crippen LogP contribution in [0.3, 0.4) is 0 Å². The van der Waals surface area contributed by atoms with Crippen LogP contribution >= 0.6 is 35.3 Å². The molecule has 3 rings (SSSR count). The summed E-state index contributed by atoms with van der Waals surface area (Å²) in [4.78, 5) is 19.2. The van der Waals surface area contributed by atoms with E-state index in [9.17, 15) is 4.57 Å². The molecule has 0 spiro atoms. The van der Waals surface area contributed by atoms with Gasteiger partial charge in [-0.25, -0.2) is 0 Å². The van der Waals surface area contributed by atoms with Crippen molar-refractivity contribution in [2.45, 2.75) is 74.5 Å². The van der Waals surface area contributed by atoms with Gasteiger partial charge in [-0.05, 0) is 88.9 Å². The van der Waals surface area contributed by atoms with Crippen LogP contribution in [-0.2, 0) is 16.4 Å². The Morgan fingerprint density at radius 3 is 2.39 bits per heavy atom. The lowest BCUT2D eigenvalue weighted by atomic mass is 9.67. The second-order valence-corrected chi connectivity index (χ2v) is 12.5. The minimum atomic E-state index is -3.90. The van der Waals surface area contributed by atoms with Gasteiger partial charge < -0.3 is 9.79 Å². The molecule has 0 heterocycles. The molecule has 1 saturated carbocycles. The van der Waals surface area contributed by atoms with Gasteiger partial charge in [-0.2, -0.15) is 0 Å². The Labute approximate surface area is 199 Å². The van der Waals surface area contributed by atoms with Crippen molar-refractivity contribution in [2.24, 2.45) is 0 Å². The summed E-state index contributed by atoms with van der Waals surface area (Å²) >= 11 is 5.57. The molecule has 1 fully saturated rings. The molecule has 0 bridgehead atoms. The van der Waals surface area contributed by atoms with E-state index < -0.39 is 7.60 Å². The van der Waals surface area contributed by atoms with E-state index in [1.165, 1.54) is 56.3 Å². The smallest absolute Gasteiger partial charge is 0.324 e. The molecule has 3 nitrogen and oxygen atoms in total. The van der Waals surface area contributed by atoms with E-state index in [0.717, 1.165) is 15.8 Å². The fourth-order valence-corrected chi connectivity index (χ4v) is 7.03. The summed E-state index contributed by atoms with van der Waals surface area (Å²) in [6, 6.07) is 17.5. The monoisotopic (exact) mass is 524 g/mol. The van der Waals surface area contributed by atoms with E-state index in [1.54, 1.807) is 5.56 Å². The molecular weight excluding hydrogens is 491 g/mol. The SMILES string of the molecule is O=P(O)(O)CCCc1ccc(SCCCCC2(c3ccccc3)CCCCC2)c(Br)c1. The second kappa shape index (κ2) is 12.0. The van der Waals surface area contributed by atoms with Crippen molar-refractivity contribution in [1.29, 1.82) is 0 Å². The number of halogens is 1. The first kappa shape index (κ1) is 25.1. The predicted octanol–water partition coefficient (Wildman–Crippen LogP) is 7.72. The molecular formula is C25H34BrO3PS. The van der Waals surface area contributed by atoms with Crippen molar-refractivity contribution in [3.8, 4) is 0 Å². The van der Waals surface area contributed by atoms with Crippen molar-refractivity contribution in [2.75, 3.05) is 11.9 Å². The van der Waals surface area contributed by atoms with E-state index in [-0.39, 0.29) is 6.16 Å². The summed E-state index contributed by atoms with van der Waals surface area (Å²) in [6.45, 7) is 0. The Kier molecular flexibility index (Phi) is 9.73. The van der Waals surface area contributed by atoms with Crippen molar-refractivity contribution in [1.82, 2.24) is 0 Å². The largest absolute Gasteiger partial charge is 0.325 e. The molecule has 170 valence electrons. The van der Waals surface area contributed by atoms with Gasteiger partial charge in [0.15, 0.2) is 0 Å². The van der Waals surface area contributed by atoms with Gasteiger partial charge in [-0.3, -0.25) is 4.57 Å². The highest BCUT2D eigenvalue weighted by Gasteiger charge is 2.32. The minimum Gasteiger partial charge on any atom is -0.324 e. The number of hydrogen-bond donors (Lipinski definition) is 2. The van der Waals surface area contributed by atoms with Gasteiger partial charge in [0.1, 0.15) is 0 Å². The van der Waals surface area contributed by atoms with Crippen molar-refractivity contribution < 1.29 is 14.4 Å². The Morgan fingerprint density at radius 2 is 1.71 bits per heavy atom. The third-order valence-electron chi connectivity index (χ3n) is 6.42. The third kappa shape index (κ3) is 8.05. The Balaban J connectivity index is 1.45. The Morgan fingerprint density at radius 1 is 0.968 bits per heavy atom. The highest BCUT2D eigenvalue weighted by molar-refractivity contribution is 9.10. The maximum atomic E-state index is 11.0. The number of benzene rings is 2. The van der Waals surface area contributed by atoms with Crippen molar-refractivity contribution in [3.05, 3.63) is 64.1 Å². The molecule has 2 aromatic carbocycles. The van der Waals surface area contributed by atoms with E-state index in [4.69, 9.17) is 9.79 Å². The van der Waals surface area contributed by atoms with E-state index in [1.807, 2.05) is 11.8 Å². The summed E-state index contributed by atoms with van der Waals surface area (Å²) in [7, 11) is -3.90. The molecule has 0 aliphatic heterocycles. The van der Waals surface area contributed by atoms with Crippen molar-refractivity contribution >= 4 is 35.3 Å². The zero-order valence-corrected chi connectivity index (χ0v) is 21.4. The van der Waals surface area contributed by atoms with Crippen LogP contribution in [-0.4, -0.2) is 21.7 Å². The molecule has 1 aliphatic rings. The minimum absolute atomic E-state index is 0.0500. The van der Waals surface area contributed by atoms with Crippen LogP contribution in [0, 0.1) is 0 Å². The lowest BCUT2D eigenvalue weighted by molar-refractivity contribution is 0.268. The quantitative estimate of drug-likeness (QED) is 0.179. The van der Waals surface area contributed by atoms with Crippen LogP contribution < -0.4 is 0 Å². The fourth-order valence-electron chi connectivity index (χ4n) is 4.76.